The molecule has 76 valence electrons. The second-order valence-electron chi connectivity index (χ2n) is 3.65. The van der Waals surface area contributed by atoms with Gasteiger partial charge in [-0.15, -0.1) is 0 Å². The summed E-state index contributed by atoms with van der Waals surface area (Å²) >= 11 is 3.53. The van der Waals surface area contributed by atoms with Crippen molar-refractivity contribution in [1.29, 1.82) is 0 Å². The third-order valence-corrected chi connectivity index (χ3v) is 3.39. The fourth-order valence-corrected chi connectivity index (χ4v) is 2.13. The summed E-state index contributed by atoms with van der Waals surface area (Å²) in [7, 11) is 0. The molecule has 3 nitrogen and oxygen atoms in total. The van der Waals surface area contributed by atoms with Gasteiger partial charge in [0.05, 0.1) is 37.4 Å². The third kappa shape index (κ3) is 2.65. The van der Waals surface area contributed by atoms with Crippen LogP contribution >= 0.6 is 15.9 Å². The van der Waals surface area contributed by atoms with Gasteiger partial charge in [-0.05, 0) is 6.42 Å². The minimum absolute atomic E-state index is 0.237. The van der Waals surface area contributed by atoms with Crippen molar-refractivity contribution in [2.24, 2.45) is 5.92 Å². The average Bonchev–Trinajstić information content (AvgIpc) is 2.72. The van der Waals surface area contributed by atoms with E-state index in [-0.39, 0.29) is 6.10 Å². The summed E-state index contributed by atoms with van der Waals surface area (Å²) in [6.45, 7) is 4.07. The number of hydrogen-bond acceptors (Lipinski definition) is 3. The smallest absolute Gasteiger partial charge is 0.0955 e. The molecule has 0 aromatic heterocycles. The van der Waals surface area contributed by atoms with Crippen LogP contribution < -0.4 is 0 Å². The Labute approximate surface area is 86.9 Å². The summed E-state index contributed by atoms with van der Waals surface area (Å²) in [5.41, 5.74) is 0. The Morgan fingerprint density at radius 3 is 2.77 bits per heavy atom. The quantitative estimate of drug-likeness (QED) is 0.705. The van der Waals surface area contributed by atoms with Crippen LogP contribution in [0.15, 0.2) is 0 Å². The van der Waals surface area contributed by atoms with Gasteiger partial charge in [0.1, 0.15) is 0 Å². The highest BCUT2D eigenvalue weighted by molar-refractivity contribution is 9.09. The molecular weight excluding hydrogens is 236 g/mol. The van der Waals surface area contributed by atoms with Gasteiger partial charge in [0.2, 0.25) is 0 Å². The molecule has 0 aromatic carbocycles. The van der Waals surface area contributed by atoms with E-state index in [9.17, 15) is 0 Å². The minimum Gasteiger partial charge on any atom is -0.381 e. The maximum Gasteiger partial charge on any atom is 0.0955 e. The van der Waals surface area contributed by atoms with E-state index in [0.29, 0.717) is 10.7 Å². The lowest BCUT2D eigenvalue weighted by atomic mass is 10.1. The fraction of sp³-hybridized carbons (Fsp3) is 1.00. The molecule has 0 saturated carbocycles. The first-order valence-electron chi connectivity index (χ1n) is 4.77. The Hall–Kier alpha value is 0.360. The van der Waals surface area contributed by atoms with Crippen LogP contribution in [0.4, 0.5) is 0 Å². The van der Waals surface area contributed by atoms with Crippen molar-refractivity contribution in [2.75, 3.05) is 33.0 Å². The predicted octanol–water partition coefficient (Wildman–Crippen LogP) is 1.20. The van der Waals surface area contributed by atoms with Gasteiger partial charge >= 0.3 is 0 Å². The van der Waals surface area contributed by atoms with Crippen LogP contribution in [0.1, 0.15) is 6.42 Å². The number of rotatable bonds is 3. The van der Waals surface area contributed by atoms with Gasteiger partial charge in [-0.3, -0.25) is 0 Å². The van der Waals surface area contributed by atoms with Crippen LogP contribution in [0.2, 0.25) is 0 Å². The number of halogens is 1. The topological polar surface area (TPSA) is 27.7 Å². The predicted molar refractivity (Wildman–Crippen MR) is 52.2 cm³/mol. The maximum atomic E-state index is 5.75. The molecule has 2 saturated heterocycles. The van der Waals surface area contributed by atoms with Crippen LogP contribution in [-0.2, 0) is 14.2 Å². The van der Waals surface area contributed by atoms with Crippen LogP contribution in [0, 0.1) is 5.92 Å². The highest BCUT2D eigenvalue weighted by atomic mass is 79.9. The van der Waals surface area contributed by atoms with Crippen molar-refractivity contribution >= 4 is 15.9 Å². The first kappa shape index (κ1) is 9.90. The maximum absolute atomic E-state index is 5.75. The van der Waals surface area contributed by atoms with Crippen LogP contribution in [0.5, 0.6) is 0 Å². The molecule has 0 bridgehead atoms. The molecular formula is C9H15BrO3. The van der Waals surface area contributed by atoms with E-state index in [4.69, 9.17) is 14.2 Å². The van der Waals surface area contributed by atoms with Gasteiger partial charge in [-0.1, -0.05) is 15.9 Å². The minimum atomic E-state index is 0.237. The lowest BCUT2D eigenvalue weighted by molar-refractivity contribution is 0.0217. The Morgan fingerprint density at radius 1 is 1.23 bits per heavy atom. The lowest BCUT2D eigenvalue weighted by Crippen LogP contribution is -2.25. The highest BCUT2D eigenvalue weighted by Crippen LogP contribution is 2.20. The van der Waals surface area contributed by atoms with E-state index >= 15 is 0 Å². The molecule has 2 aliphatic rings. The molecule has 2 rings (SSSR count). The van der Waals surface area contributed by atoms with Crippen LogP contribution in [-0.4, -0.2) is 44.0 Å². The molecule has 2 fully saturated rings. The largest absolute Gasteiger partial charge is 0.381 e. The first-order chi connectivity index (χ1) is 6.36. The monoisotopic (exact) mass is 250 g/mol. The van der Waals surface area contributed by atoms with Gasteiger partial charge in [-0.25, -0.2) is 0 Å². The molecule has 0 aromatic rings. The summed E-state index contributed by atoms with van der Waals surface area (Å²) in [6, 6.07) is 0. The van der Waals surface area contributed by atoms with Crippen molar-refractivity contribution in [1.82, 2.24) is 0 Å². The molecule has 13 heavy (non-hydrogen) atoms. The number of ether oxygens (including phenoxy) is 3. The van der Waals surface area contributed by atoms with Crippen molar-refractivity contribution in [3.8, 4) is 0 Å². The van der Waals surface area contributed by atoms with E-state index in [1.165, 1.54) is 0 Å². The summed E-state index contributed by atoms with van der Waals surface area (Å²) in [6.07, 6.45) is 1.38. The fourth-order valence-electron chi connectivity index (χ4n) is 1.64. The van der Waals surface area contributed by atoms with Crippen molar-refractivity contribution in [2.45, 2.75) is 17.4 Å². The van der Waals surface area contributed by atoms with Crippen LogP contribution in [0.25, 0.3) is 0 Å². The van der Waals surface area contributed by atoms with Gasteiger partial charge < -0.3 is 14.2 Å². The standard InChI is InChI=1S/C9H15BrO3/c10-8-5-12-6-9(8)13-4-7-1-2-11-3-7/h7-9H,1-6H2. The van der Waals surface area contributed by atoms with Gasteiger partial charge in [-0.2, -0.15) is 0 Å². The lowest BCUT2D eigenvalue weighted by Gasteiger charge is -2.15. The van der Waals surface area contributed by atoms with E-state index in [0.717, 1.165) is 39.5 Å². The Balaban J connectivity index is 1.66. The molecule has 3 unspecified atom stereocenters. The Bertz CT molecular complexity index is 159. The van der Waals surface area contributed by atoms with Gasteiger partial charge in [0.15, 0.2) is 0 Å². The molecule has 2 heterocycles. The molecule has 0 radical (unpaired) electrons. The van der Waals surface area contributed by atoms with Gasteiger partial charge in [0, 0.05) is 12.5 Å². The summed E-state index contributed by atoms with van der Waals surface area (Å²) in [4.78, 5) is 0.370. The normalized spacial score (nSPS) is 39.9. The molecule has 4 heteroatoms. The zero-order valence-corrected chi connectivity index (χ0v) is 9.16. The number of alkyl halides is 1. The molecule has 0 amide bonds. The number of hydrogen-bond donors (Lipinski definition) is 0. The summed E-state index contributed by atoms with van der Waals surface area (Å²) < 4.78 is 16.3. The highest BCUT2D eigenvalue weighted by Gasteiger charge is 2.28. The zero-order chi connectivity index (χ0) is 9.10. The molecule has 0 spiro atoms. The molecule has 2 aliphatic heterocycles. The van der Waals surface area contributed by atoms with E-state index < -0.39 is 0 Å². The van der Waals surface area contributed by atoms with E-state index in [1.807, 2.05) is 0 Å². The Kier molecular flexibility index (Phi) is 3.60. The molecule has 3 atom stereocenters. The third-order valence-electron chi connectivity index (χ3n) is 2.53. The second-order valence-corrected chi connectivity index (χ2v) is 4.83. The van der Waals surface area contributed by atoms with Crippen molar-refractivity contribution < 1.29 is 14.2 Å². The van der Waals surface area contributed by atoms with Gasteiger partial charge in [0.25, 0.3) is 0 Å². The molecule has 0 N–H and O–H groups in total. The summed E-state index contributed by atoms with van der Waals surface area (Å²) in [5, 5.41) is 0. The first-order valence-corrected chi connectivity index (χ1v) is 5.69. The zero-order valence-electron chi connectivity index (χ0n) is 7.58. The second kappa shape index (κ2) is 4.73. The van der Waals surface area contributed by atoms with E-state index in [1.54, 1.807) is 0 Å². The van der Waals surface area contributed by atoms with Crippen molar-refractivity contribution in [3.63, 3.8) is 0 Å². The summed E-state index contributed by atoms with van der Waals surface area (Å²) in [5.74, 6) is 0.597. The van der Waals surface area contributed by atoms with Crippen molar-refractivity contribution in [3.05, 3.63) is 0 Å². The average molecular weight is 251 g/mol. The SMILES string of the molecule is BrC1COCC1OCC1CCOC1. The van der Waals surface area contributed by atoms with Crippen LogP contribution in [0.3, 0.4) is 0 Å². The van der Waals surface area contributed by atoms with E-state index in [2.05, 4.69) is 15.9 Å². The molecule has 0 aliphatic carbocycles. The Morgan fingerprint density at radius 2 is 2.15 bits per heavy atom.